The summed E-state index contributed by atoms with van der Waals surface area (Å²) in [5, 5.41) is 54.7. The molecule has 3 aliphatic rings. The number of phenols is 2. The van der Waals surface area contributed by atoms with Crippen molar-refractivity contribution in [2.75, 3.05) is 44.7 Å². The van der Waals surface area contributed by atoms with Crippen LogP contribution in [0.2, 0.25) is 5.02 Å². The smallest absolute Gasteiger partial charge is 0.352 e. The average Bonchev–Trinajstić information content (AvgIpc) is 3.46. The Labute approximate surface area is 313 Å². The van der Waals surface area contributed by atoms with Gasteiger partial charge in [0.15, 0.2) is 22.3 Å². The Hall–Kier alpha value is -5.12. The molecule has 53 heavy (non-hydrogen) atoms. The van der Waals surface area contributed by atoms with Gasteiger partial charge in [0, 0.05) is 29.2 Å². The number of fused-ring (bicyclic) bond motifs is 1. The van der Waals surface area contributed by atoms with Crippen molar-refractivity contribution in [3.8, 4) is 11.5 Å². The Morgan fingerprint density at radius 2 is 1.91 bits per heavy atom. The van der Waals surface area contributed by atoms with Gasteiger partial charge in [-0.05, 0) is 19.1 Å². The molecule has 284 valence electrons. The minimum atomic E-state index is -1.95. The van der Waals surface area contributed by atoms with Crippen LogP contribution in [0, 0.1) is 0 Å². The molecule has 0 spiro atoms. The zero-order chi connectivity index (χ0) is 38.9. The quantitative estimate of drug-likeness (QED) is 0.0508. The standard InChI is InChI=1S/C31H34ClN7O12S2/c1-13-5-7-39(2,8-6-37(13)26(45)15-3-4-17(40)24(43)20(15)32)10-14-11-52-28-22(27(46)38(28)23(14)30(49)50)35-25(44)21(16-12-53-31(33)34-16)36-51-18(29(47)48)9-19(41)42/h3-4,12-13,18,22,28H,5-11H2,1-2H3,(H7-,33,34,35,36,40,41,42,43,44,45,47,48,49,50)/p+1/t13-,18+,22-,28-,39-/m1/s1. The largest absolute Gasteiger partial charge is 0.504 e. The van der Waals surface area contributed by atoms with Gasteiger partial charge in [0.05, 0.1) is 43.7 Å². The number of carboxylic acid groups (broad SMARTS) is 3. The van der Waals surface area contributed by atoms with Gasteiger partial charge >= 0.3 is 17.9 Å². The number of halogens is 1. The van der Waals surface area contributed by atoms with Crippen molar-refractivity contribution in [2.24, 2.45) is 5.16 Å². The molecule has 3 amide bonds. The molecule has 4 heterocycles. The van der Waals surface area contributed by atoms with E-state index in [0.717, 1.165) is 16.2 Å². The number of benzene rings is 1. The second-order valence-corrected chi connectivity index (χ2v) is 15.2. The van der Waals surface area contributed by atoms with E-state index in [2.05, 4.69) is 15.5 Å². The zero-order valence-electron chi connectivity index (χ0n) is 28.1. The summed E-state index contributed by atoms with van der Waals surface area (Å²) in [4.78, 5) is 87.1. The predicted octanol–water partition coefficient (Wildman–Crippen LogP) is 0.558. The number of nitrogens with one attached hydrogen (secondary N) is 1. The van der Waals surface area contributed by atoms with Gasteiger partial charge in [-0.2, -0.15) is 0 Å². The van der Waals surface area contributed by atoms with Crippen LogP contribution in [-0.2, 0) is 28.8 Å². The summed E-state index contributed by atoms with van der Waals surface area (Å²) in [5.41, 5.74) is 5.25. The number of thiazole rings is 1. The number of nitrogens with two attached hydrogens (primary N) is 1. The van der Waals surface area contributed by atoms with Gasteiger partial charge < -0.3 is 50.8 Å². The number of carbonyl (C=O) groups excluding carboxylic acids is 3. The van der Waals surface area contributed by atoms with Gasteiger partial charge in [0.2, 0.25) is 6.10 Å². The number of oxime groups is 1. The number of thioether (sulfide) groups is 1. The molecular weight excluding hydrogens is 762 g/mol. The highest BCUT2D eigenvalue weighted by molar-refractivity contribution is 8.00. The lowest BCUT2D eigenvalue weighted by Gasteiger charge is -2.50. The minimum Gasteiger partial charge on any atom is -0.504 e. The van der Waals surface area contributed by atoms with Crippen LogP contribution in [0.4, 0.5) is 5.13 Å². The van der Waals surface area contributed by atoms with Gasteiger partial charge in [-0.25, -0.2) is 14.6 Å². The molecule has 2 saturated heterocycles. The summed E-state index contributed by atoms with van der Waals surface area (Å²) in [6, 6.07) is 1.05. The number of hydrogen-bond donors (Lipinski definition) is 7. The van der Waals surface area contributed by atoms with E-state index in [0.29, 0.717) is 29.6 Å². The molecule has 22 heteroatoms. The maximum absolute atomic E-state index is 13.5. The van der Waals surface area contributed by atoms with Crippen molar-refractivity contribution in [3.63, 3.8) is 0 Å². The SMILES string of the molecule is C[C@@H]1CC[N@@+](C)(CC2=C(C(=O)O)N3C(=O)[C@@H](NC(=O)/C(=N\O[C@@H](CC(=O)O)C(=O)O)c4csc(N)n4)[C@H]3SC2)CCN1C(=O)c1ccc(O)c(O)c1Cl. The first-order valence-corrected chi connectivity index (χ1v) is 18.2. The molecule has 0 bridgehead atoms. The third kappa shape index (κ3) is 8.11. The number of rotatable bonds is 12. The summed E-state index contributed by atoms with van der Waals surface area (Å²) in [7, 11) is 1.92. The number of quaternary nitrogens is 1. The summed E-state index contributed by atoms with van der Waals surface area (Å²) in [6.45, 7) is 3.33. The molecule has 2 fully saturated rings. The third-order valence-corrected chi connectivity index (χ3v) is 11.5. The molecule has 3 aliphatic heterocycles. The van der Waals surface area contributed by atoms with Crippen molar-refractivity contribution < 1.29 is 63.6 Å². The minimum absolute atomic E-state index is 0.0230. The van der Waals surface area contributed by atoms with Crippen LogP contribution in [0.5, 0.6) is 11.5 Å². The molecule has 19 nitrogen and oxygen atoms in total. The highest BCUT2D eigenvalue weighted by Crippen LogP contribution is 2.41. The van der Waals surface area contributed by atoms with E-state index < -0.39 is 76.8 Å². The van der Waals surface area contributed by atoms with E-state index in [1.165, 1.54) is 29.3 Å². The molecule has 5 rings (SSSR count). The van der Waals surface area contributed by atoms with E-state index in [4.69, 9.17) is 27.3 Å². The number of nitrogen functional groups attached to an aromatic ring is 1. The number of aromatic nitrogens is 1. The summed E-state index contributed by atoms with van der Waals surface area (Å²) >= 11 is 8.32. The van der Waals surface area contributed by atoms with Crippen LogP contribution in [0.25, 0.3) is 0 Å². The molecule has 1 aromatic carbocycles. The highest BCUT2D eigenvalue weighted by Gasteiger charge is 2.55. The number of carboxylic acids is 3. The molecule has 5 atom stereocenters. The average molecular weight is 797 g/mol. The lowest BCUT2D eigenvalue weighted by atomic mass is 10.0. The van der Waals surface area contributed by atoms with Crippen molar-refractivity contribution in [3.05, 3.63) is 45.1 Å². The maximum Gasteiger partial charge on any atom is 0.352 e. The van der Waals surface area contributed by atoms with E-state index in [1.807, 2.05) is 14.0 Å². The van der Waals surface area contributed by atoms with Gasteiger partial charge in [0.25, 0.3) is 17.7 Å². The fourth-order valence-corrected chi connectivity index (χ4v) is 8.31. The van der Waals surface area contributed by atoms with Crippen molar-refractivity contribution >= 4 is 81.2 Å². The lowest BCUT2D eigenvalue weighted by molar-refractivity contribution is -0.903. The molecule has 0 radical (unpaired) electrons. The number of amides is 3. The third-order valence-electron chi connectivity index (χ3n) is 9.08. The van der Waals surface area contributed by atoms with Crippen molar-refractivity contribution in [2.45, 2.75) is 43.3 Å². The summed E-state index contributed by atoms with van der Waals surface area (Å²) < 4.78 is 0.331. The number of nitrogens with zero attached hydrogens (tertiary/aromatic N) is 5. The van der Waals surface area contributed by atoms with Crippen LogP contribution in [0.3, 0.4) is 0 Å². The Morgan fingerprint density at radius 1 is 1.19 bits per heavy atom. The highest BCUT2D eigenvalue weighted by atomic mass is 35.5. The van der Waals surface area contributed by atoms with Crippen LogP contribution >= 0.6 is 34.7 Å². The predicted molar refractivity (Wildman–Crippen MR) is 188 cm³/mol. The lowest BCUT2D eigenvalue weighted by Crippen LogP contribution is -2.71. The Kier molecular flexibility index (Phi) is 11.4. The Bertz CT molecular complexity index is 1940. The summed E-state index contributed by atoms with van der Waals surface area (Å²) in [5.74, 6) is -7.55. The molecule has 1 aromatic heterocycles. The molecular formula is C31H35ClN7O12S2+. The van der Waals surface area contributed by atoms with Gasteiger partial charge in [-0.15, -0.1) is 23.1 Å². The number of phenolic OH excluding ortho intramolecular Hbond substituents is 2. The first-order chi connectivity index (χ1) is 24.9. The van der Waals surface area contributed by atoms with E-state index >= 15 is 0 Å². The molecule has 0 aliphatic carbocycles. The molecule has 8 N–H and O–H groups in total. The van der Waals surface area contributed by atoms with Crippen LogP contribution in [-0.4, -0.2) is 149 Å². The van der Waals surface area contributed by atoms with E-state index in [9.17, 15) is 49.2 Å². The Morgan fingerprint density at radius 3 is 2.53 bits per heavy atom. The number of aliphatic carboxylic acids is 3. The first kappa shape index (κ1) is 39.1. The van der Waals surface area contributed by atoms with Crippen LogP contribution in [0.15, 0.2) is 33.9 Å². The second kappa shape index (κ2) is 15.5. The van der Waals surface area contributed by atoms with Crippen LogP contribution < -0.4 is 11.1 Å². The fraction of sp³-hybridized carbons (Fsp3) is 0.419. The number of hydrogen-bond acceptors (Lipinski definition) is 14. The number of β-lactam (4-membered cyclic amide) rings is 1. The fourth-order valence-electron chi connectivity index (χ4n) is 6.19. The summed E-state index contributed by atoms with van der Waals surface area (Å²) in [6.07, 6.45) is -2.38. The van der Waals surface area contributed by atoms with E-state index in [1.54, 1.807) is 4.90 Å². The second-order valence-electron chi connectivity index (χ2n) is 12.8. The zero-order valence-corrected chi connectivity index (χ0v) is 30.5. The topological polar surface area (TPSA) is 283 Å². The Balaban J connectivity index is 1.31. The van der Waals surface area contributed by atoms with Crippen molar-refractivity contribution in [1.82, 2.24) is 20.1 Å². The van der Waals surface area contributed by atoms with Gasteiger partial charge in [-0.1, -0.05) is 16.8 Å². The normalized spacial score (nSPS) is 23.7. The molecule has 2 aromatic rings. The number of aromatic hydroxyl groups is 2. The van der Waals surface area contributed by atoms with Crippen LogP contribution in [0.1, 0.15) is 35.8 Å². The van der Waals surface area contributed by atoms with Gasteiger partial charge in [0.1, 0.15) is 29.4 Å². The van der Waals surface area contributed by atoms with Crippen molar-refractivity contribution in [1.29, 1.82) is 0 Å². The molecule has 0 unspecified atom stereocenters. The van der Waals surface area contributed by atoms with E-state index in [-0.39, 0.29) is 52.0 Å². The molecule has 0 saturated carbocycles. The number of anilines is 1. The number of likely N-dealkylation sites (N-methyl/N-ethyl adjacent to an activating group) is 1. The monoisotopic (exact) mass is 796 g/mol. The first-order valence-electron chi connectivity index (χ1n) is 15.9. The number of carbonyl (C=O) groups is 6. The van der Waals surface area contributed by atoms with Gasteiger partial charge in [-0.3, -0.25) is 24.1 Å². The maximum atomic E-state index is 13.5.